The van der Waals surface area contributed by atoms with E-state index in [-0.39, 0.29) is 19.6 Å². The summed E-state index contributed by atoms with van der Waals surface area (Å²) < 4.78 is 20.4. The molecule has 0 aromatic heterocycles. The maximum absolute atomic E-state index is 11.8. The zero-order valence-corrected chi connectivity index (χ0v) is 12.8. The van der Waals surface area contributed by atoms with Crippen molar-refractivity contribution in [3.8, 4) is 0 Å². The molecule has 1 unspecified atom stereocenters. The van der Waals surface area contributed by atoms with Gasteiger partial charge in [0.1, 0.15) is 0 Å². The van der Waals surface area contributed by atoms with E-state index in [0.717, 1.165) is 12.8 Å². The van der Waals surface area contributed by atoms with Crippen molar-refractivity contribution in [2.24, 2.45) is 5.92 Å². The summed E-state index contributed by atoms with van der Waals surface area (Å²) in [6, 6.07) is 0. The van der Waals surface area contributed by atoms with Crippen LogP contribution in [-0.2, 0) is 28.5 Å². The topological polar surface area (TPSA) is 71.1 Å². The van der Waals surface area contributed by atoms with E-state index in [1.807, 2.05) is 6.92 Å². The fraction of sp³-hybridized carbons (Fsp3) is 0.857. The molecule has 0 aliphatic carbocycles. The van der Waals surface area contributed by atoms with E-state index < -0.39 is 24.1 Å². The average Bonchev–Trinajstić information content (AvgIpc) is 2.43. The lowest BCUT2D eigenvalue weighted by molar-refractivity contribution is -0.173. The maximum Gasteiger partial charge on any atom is 0.320 e. The number of rotatable bonds is 11. The van der Waals surface area contributed by atoms with Gasteiger partial charge in [0.2, 0.25) is 0 Å². The Morgan fingerprint density at radius 2 is 1.55 bits per heavy atom. The number of hydrogen-bond donors (Lipinski definition) is 0. The summed E-state index contributed by atoms with van der Waals surface area (Å²) in [5.74, 6) is -2.22. The van der Waals surface area contributed by atoms with Crippen molar-refractivity contribution in [1.82, 2.24) is 0 Å². The highest BCUT2D eigenvalue weighted by atomic mass is 16.7. The lowest BCUT2D eigenvalue weighted by Gasteiger charge is -2.20. The third-order valence-corrected chi connectivity index (χ3v) is 2.63. The zero-order chi connectivity index (χ0) is 15.4. The summed E-state index contributed by atoms with van der Waals surface area (Å²) in [5.41, 5.74) is 0. The monoisotopic (exact) mass is 290 g/mol. The number of ether oxygens (including phenoxy) is 4. The van der Waals surface area contributed by atoms with Crippen molar-refractivity contribution in [2.75, 3.05) is 26.9 Å². The van der Waals surface area contributed by atoms with Crippen LogP contribution in [0.3, 0.4) is 0 Å². The predicted molar refractivity (Wildman–Crippen MR) is 73.0 cm³/mol. The van der Waals surface area contributed by atoms with Gasteiger partial charge in [-0.3, -0.25) is 9.59 Å². The first-order valence-corrected chi connectivity index (χ1v) is 7.08. The molecule has 6 heteroatoms. The fourth-order valence-corrected chi connectivity index (χ4v) is 1.56. The Morgan fingerprint density at radius 3 is 1.95 bits per heavy atom. The Morgan fingerprint density at radius 1 is 1.00 bits per heavy atom. The van der Waals surface area contributed by atoms with Crippen molar-refractivity contribution in [3.63, 3.8) is 0 Å². The van der Waals surface area contributed by atoms with Crippen LogP contribution in [0.4, 0.5) is 0 Å². The molecular formula is C14H26O6. The molecule has 0 saturated carbocycles. The van der Waals surface area contributed by atoms with Crippen LogP contribution in [0.25, 0.3) is 0 Å². The van der Waals surface area contributed by atoms with Crippen molar-refractivity contribution in [2.45, 2.75) is 46.3 Å². The minimum atomic E-state index is -1.01. The molecule has 0 bridgehead atoms. The van der Waals surface area contributed by atoms with Gasteiger partial charge in [0.15, 0.2) is 12.2 Å². The number of methoxy groups -OCH3 is 1. The Hall–Kier alpha value is -1.14. The van der Waals surface area contributed by atoms with E-state index in [9.17, 15) is 9.59 Å². The first kappa shape index (κ1) is 18.9. The van der Waals surface area contributed by atoms with Gasteiger partial charge in [-0.25, -0.2) is 0 Å². The van der Waals surface area contributed by atoms with Gasteiger partial charge in [0.05, 0.1) is 13.2 Å². The SMILES string of the molecule is CCCCOC(CC(C(=O)OCC)C(=O)OCC)OC. The van der Waals surface area contributed by atoms with Gasteiger partial charge in [-0.2, -0.15) is 0 Å². The van der Waals surface area contributed by atoms with Gasteiger partial charge < -0.3 is 18.9 Å². The van der Waals surface area contributed by atoms with Crippen LogP contribution in [0.15, 0.2) is 0 Å². The lowest BCUT2D eigenvalue weighted by Crippen LogP contribution is -2.33. The van der Waals surface area contributed by atoms with Crippen LogP contribution in [0.5, 0.6) is 0 Å². The standard InChI is InChI=1S/C14H26O6/c1-5-8-9-20-12(17-4)10-11(13(15)18-6-2)14(16)19-7-3/h11-12H,5-10H2,1-4H3. The summed E-state index contributed by atoms with van der Waals surface area (Å²) in [5, 5.41) is 0. The average molecular weight is 290 g/mol. The Labute approximate surface area is 120 Å². The van der Waals surface area contributed by atoms with Crippen molar-refractivity contribution < 1.29 is 28.5 Å². The third kappa shape index (κ3) is 7.45. The number of carbonyl (C=O) groups excluding carboxylic acids is 2. The molecule has 0 aromatic rings. The first-order chi connectivity index (χ1) is 9.60. The van der Waals surface area contributed by atoms with Gasteiger partial charge >= 0.3 is 11.9 Å². The highest BCUT2D eigenvalue weighted by Gasteiger charge is 2.32. The molecule has 0 saturated heterocycles. The van der Waals surface area contributed by atoms with Gasteiger partial charge in [0.25, 0.3) is 0 Å². The second-order valence-electron chi connectivity index (χ2n) is 4.18. The van der Waals surface area contributed by atoms with Gasteiger partial charge in [-0.1, -0.05) is 13.3 Å². The largest absolute Gasteiger partial charge is 0.465 e. The molecule has 0 heterocycles. The summed E-state index contributed by atoms with van der Waals surface area (Å²) in [7, 11) is 1.48. The number of unbranched alkanes of at least 4 members (excludes halogenated alkanes) is 1. The molecule has 118 valence electrons. The number of hydrogen-bond acceptors (Lipinski definition) is 6. The summed E-state index contributed by atoms with van der Waals surface area (Å²) in [6.45, 7) is 6.36. The molecule has 0 amide bonds. The fourth-order valence-electron chi connectivity index (χ4n) is 1.56. The van der Waals surface area contributed by atoms with E-state index in [2.05, 4.69) is 0 Å². The lowest BCUT2D eigenvalue weighted by atomic mass is 10.1. The Kier molecular flexibility index (Phi) is 11.0. The van der Waals surface area contributed by atoms with E-state index in [1.54, 1.807) is 13.8 Å². The summed E-state index contributed by atoms with van der Waals surface area (Å²) in [6.07, 6.45) is 1.36. The van der Waals surface area contributed by atoms with E-state index in [4.69, 9.17) is 18.9 Å². The van der Waals surface area contributed by atoms with Crippen LogP contribution in [0, 0.1) is 5.92 Å². The van der Waals surface area contributed by atoms with Crippen LogP contribution in [0.1, 0.15) is 40.0 Å². The normalized spacial score (nSPS) is 12.2. The van der Waals surface area contributed by atoms with Gasteiger partial charge in [-0.05, 0) is 20.3 Å². The molecular weight excluding hydrogens is 264 g/mol. The third-order valence-electron chi connectivity index (χ3n) is 2.63. The van der Waals surface area contributed by atoms with E-state index in [0.29, 0.717) is 6.61 Å². The molecule has 0 fully saturated rings. The van der Waals surface area contributed by atoms with Crippen LogP contribution < -0.4 is 0 Å². The zero-order valence-electron chi connectivity index (χ0n) is 12.8. The minimum Gasteiger partial charge on any atom is -0.465 e. The van der Waals surface area contributed by atoms with Gasteiger partial charge in [-0.15, -0.1) is 0 Å². The molecule has 0 aromatic carbocycles. The van der Waals surface area contributed by atoms with Gasteiger partial charge in [0, 0.05) is 20.1 Å². The van der Waals surface area contributed by atoms with Crippen LogP contribution in [0.2, 0.25) is 0 Å². The quantitative estimate of drug-likeness (QED) is 0.250. The number of esters is 2. The Bertz CT molecular complexity index is 261. The van der Waals surface area contributed by atoms with Crippen molar-refractivity contribution in [1.29, 1.82) is 0 Å². The molecule has 0 rings (SSSR count). The molecule has 0 spiro atoms. The molecule has 1 atom stereocenters. The second kappa shape index (κ2) is 11.7. The van der Waals surface area contributed by atoms with Crippen LogP contribution >= 0.6 is 0 Å². The van der Waals surface area contributed by atoms with Crippen molar-refractivity contribution in [3.05, 3.63) is 0 Å². The second-order valence-corrected chi connectivity index (χ2v) is 4.18. The molecule has 0 aliphatic rings. The molecule has 0 N–H and O–H groups in total. The van der Waals surface area contributed by atoms with Crippen LogP contribution in [-0.4, -0.2) is 45.2 Å². The molecule has 20 heavy (non-hydrogen) atoms. The van der Waals surface area contributed by atoms with Crippen molar-refractivity contribution >= 4 is 11.9 Å². The highest BCUT2D eigenvalue weighted by molar-refractivity contribution is 5.94. The summed E-state index contributed by atoms with van der Waals surface area (Å²) >= 11 is 0. The predicted octanol–water partition coefficient (Wildman–Crippen LogP) is 1.91. The molecule has 6 nitrogen and oxygen atoms in total. The maximum atomic E-state index is 11.8. The Balaban J connectivity index is 4.58. The first-order valence-electron chi connectivity index (χ1n) is 7.08. The molecule has 0 radical (unpaired) electrons. The molecule has 0 aliphatic heterocycles. The summed E-state index contributed by atoms with van der Waals surface area (Å²) in [4.78, 5) is 23.6. The highest BCUT2D eigenvalue weighted by Crippen LogP contribution is 2.15. The van der Waals surface area contributed by atoms with E-state index in [1.165, 1.54) is 7.11 Å². The number of carbonyl (C=O) groups is 2. The van der Waals surface area contributed by atoms with E-state index >= 15 is 0 Å². The minimum absolute atomic E-state index is 0.0951. The smallest absolute Gasteiger partial charge is 0.320 e.